The topological polar surface area (TPSA) is 41.1 Å². The van der Waals surface area contributed by atoms with Crippen molar-refractivity contribution in [1.82, 2.24) is 10.6 Å². The molecule has 2 N–H and O–H groups in total. The molecule has 1 aliphatic rings. The molecule has 1 fully saturated rings. The van der Waals surface area contributed by atoms with E-state index in [1.807, 2.05) is 0 Å². The van der Waals surface area contributed by atoms with Crippen LogP contribution < -0.4 is 10.6 Å². The lowest BCUT2D eigenvalue weighted by atomic mass is 10.1. The number of nitrogens with one attached hydrogen (secondary N) is 2. The molecule has 78 valence electrons. The predicted molar refractivity (Wildman–Crippen MR) is 57.8 cm³/mol. The fourth-order valence-electron chi connectivity index (χ4n) is 1.63. The van der Waals surface area contributed by atoms with Crippen LogP contribution in [-0.4, -0.2) is 12.6 Å². The largest absolute Gasteiger partial charge is 0.334 e. The van der Waals surface area contributed by atoms with Crippen LogP contribution in [0.25, 0.3) is 0 Å². The summed E-state index contributed by atoms with van der Waals surface area (Å²) in [5.41, 5.74) is 0. The predicted octanol–water partition coefficient (Wildman–Crippen LogP) is 2.18. The van der Waals surface area contributed by atoms with Gasteiger partial charge in [0.1, 0.15) is 0 Å². The summed E-state index contributed by atoms with van der Waals surface area (Å²) < 4.78 is 0. The Balaban J connectivity index is 2.11. The van der Waals surface area contributed by atoms with Gasteiger partial charge in [-0.3, -0.25) is 0 Å². The van der Waals surface area contributed by atoms with Gasteiger partial charge in [-0.05, 0) is 18.8 Å². The van der Waals surface area contributed by atoms with E-state index in [4.69, 9.17) is 0 Å². The summed E-state index contributed by atoms with van der Waals surface area (Å²) in [5, 5.41) is 5.30. The van der Waals surface area contributed by atoms with Gasteiger partial charge in [-0.1, -0.05) is 25.0 Å². The molecular formula is C11H18N2O. The van der Waals surface area contributed by atoms with Crippen molar-refractivity contribution in [2.75, 3.05) is 6.54 Å². The maximum Gasteiger partial charge on any atom is 0.318 e. The molecule has 2 amide bonds. The molecule has 0 aliphatic heterocycles. The van der Waals surface area contributed by atoms with Crippen LogP contribution in [0.15, 0.2) is 24.9 Å². The third-order valence-corrected chi connectivity index (χ3v) is 2.39. The van der Waals surface area contributed by atoms with Crippen molar-refractivity contribution in [3.63, 3.8) is 0 Å². The Morgan fingerprint density at radius 1 is 1.43 bits per heavy atom. The van der Waals surface area contributed by atoms with Crippen LogP contribution in [0.4, 0.5) is 4.79 Å². The van der Waals surface area contributed by atoms with Gasteiger partial charge in [-0.2, -0.15) is 0 Å². The van der Waals surface area contributed by atoms with Crippen molar-refractivity contribution in [3.05, 3.63) is 24.9 Å². The van der Waals surface area contributed by atoms with Gasteiger partial charge < -0.3 is 10.6 Å². The number of carbonyl (C=O) groups is 1. The minimum absolute atomic E-state index is 0.167. The lowest BCUT2D eigenvalue weighted by Gasteiger charge is -2.02. The average Bonchev–Trinajstić information content (AvgIpc) is 2.67. The average molecular weight is 194 g/mol. The van der Waals surface area contributed by atoms with Crippen LogP contribution in [0.1, 0.15) is 25.7 Å². The first-order valence-electron chi connectivity index (χ1n) is 5.15. The molecule has 1 saturated carbocycles. The highest BCUT2D eigenvalue weighted by atomic mass is 16.2. The standard InChI is InChI=1S/C11H18N2O/c1-2-8-12-11(14)13-9-7-10-5-3-4-6-10/h2,7,9-10H,1,3-6,8H2,(H2,12,13,14)/b9-7+. The highest BCUT2D eigenvalue weighted by Gasteiger charge is 2.10. The molecule has 1 aliphatic carbocycles. The Bertz CT molecular complexity index is 217. The first kappa shape index (κ1) is 10.8. The number of allylic oxidation sites excluding steroid dienone is 1. The van der Waals surface area contributed by atoms with Gasteiger partial charge in [0, 0.05) is 12.7 Å². The molecule has 0 heterocycles. The molecule has 0 saturated heterocycles. The third-order valence-electron chi connectivity index (χ3n) is 2.39. The van der Waals surface area contributed by atoms with Gasteiger partial charge in [0.15, 0.2) is 0 Å². The zero-order valence-electron chi connectivity index (χ0n) is 8.46. The Labute approximate surface area is 85.3 Å². The summed E-state index contributed by atoms with van der Waals surface area (Å²) in [4.78, 5) is 11.1. The molecule has 3 nitrogen and oxygen atoms in total. The van der Waals surface area contributed by atoms with Gasteiger partial charge in [0.25, 0.3) is 0 Å². The second kappa shape index (κ2) is 6.24. The first-order valence-corrected chi connectivity index (χ1v) is 5.15. The van der Waals surface area contributed by atoms with E-state index in [1.165, 1.54) is 25.7 Å². The van der Waals surface area contributed by atoms with Crippen LogP contribution in [0, 0.1) is 5.92 Å². The van der Waals surface area contributed by atoms with Crippen molar-refractivity contribution in [3.8, 4) is 0 Å². The molecule has 0 aromatic rings. The molecule has 0 bridgehead atoms. The zero-order valence-corrected chi connectivity index (χ0v) is 8.46. The number of hydrogen-bond donors (Lipinski definition) is 2. The third kappa shape index (κ3) is 4.12. The normalized spacial score (nSPS) is 17.1. The SMILES string of the molecule is C=CCNC(=O)N/C=C/C1CCCC1. The van der Waals surface area contributed by atoms with E-state index in [0.717, 1.165) is 0 Å². The molecule has 1 rings (SSSR count). The van der Waals surface area contributed by atoms with Crippen LogP contribution in [-0.2, 0) is 0 Å². The van der Waals surface area contributed by atoms with E-state index in [1.54, 1.807) is 12.3 Å². The van der Waals surface area contributed by atoms with E-state index in [2.05, 4.69) is 23.3 Å². The molecule has 0 spiro atoms. The number of rotatable bonds is 4. The van der Waals surface area contributed by atoms with Crippen LogP contribution in [0.5, 0.6) is 0 Å². The minimum atomic E-state index is -0.167. The smallest absolute Gasteiger partial charge is 0.318 e. The maximum atomic E-state index is 11.1. The van der Waals surface area contributed by atoms with Gasteiger partial charge in [0.05, 0.1) is 0 Å². The van der Waals surface area contributed by atoms with Crippen LogP contribution in [0.2, 0.25) is 0 Å². The quantitative estimate of drug-likeness (QED) is 0.662. The summed E-state index contributed by atoms with van der Waals surface area (Å²) in [6.45, 7) is 4.02. The molecule has 3 heteroatoms. The van der Waals surface area contributed by atoms with E-state index in [0.29, 0.717) is 12.5 Å². The summed E-state index contributed by atoms with van der Waals surface area (Å²) in [7, 11) is 0. The molecule has 0 aromatic heterocycles. The number of amides is 2. The minimum Gasteiger partial charge on any atom is -0.334 e. The highest BCUT2D eigenvalue weighted by molar-refractivity contribution is 5.74. The van der Waals surface area contributed by atoms with Gasteiger partial charge in [-0.25, -0.2) is 4.79 Å². The fourth-order valence-corrected chi connectivity index (χ4v) is 1.63. The Morgan fingerprint density at radius 3 is 2.79 bits per heavy atom. The molecule has 0 radical (unpaired) electrons. The number of urea groups is 1. The van der Waals surface area contributed by atoms with Crippen molar-refractivity contribution < 1.29 is 4.79 Å². The zero-order chi connectivity index (χ0) is 10.2. The number of carbonyl (C=O) groups excluding carboxylic acids is 1. The second-order valence-corrected chi connectivity index (χ2v) is 3.55. The highest BCUT2D eigenvalue weighted by Crippen LogP contribution is 2.25. The molecule has 14 heavy (non-hydrogen) atoms. The lowest BCUT2D eigenvalue weighted by Crippen LogP contribution is -2.32. The molecule has 0 aromatic carbocycles. The first-order chi connectivity index (χ1) is 6.83. The fraction of sp³-hybridized carbons (Fsp3) is 0.545. The van der Waals surface area contributed by atoms with Crippen molar-refractivity contribution in [1.29, 1.82) is 0 Å². The Hall–Kier alpha value is -1.25. The van der Waals surface area contributed by atoms with E-state index >= 15 is 0 Å². The Morgan fingerprint density at radius 2 is 2.14 bits per heavy atom. The van der Waals surface area contributed by atoms with Gasteiger partial charge in [0.2, 0.25) is 0 Å². The molecular weight excluding hydrogens is 176 g/mol. The van der Waals surface area contributed by atoms with Crippen LogP contribution in [0.3, 0.4) is 0 Å². The van der Waals surface area contributed by atoms with Crippen molar-refractivity contribution in [2.24, 2.45) is 5.92 Å². The maximum absolute atomic E-state index is 11.1. The summed E-state index contributed by atoms with van der Waals surface area (Å²) in [6.07, 6.45) is 10.6. The summed E-state index contributed by atoms with van der Waals surface area (Å²) in [6, 6.07) is -0.167. The Kier molecular flexibility index (Phi) is 4.83. The molecule has 0 unspecified atom stereocenters. The number of hydrogen-bond acceptors (Lipinski definition) is 1. The van der Waals surface area contributed by atoms with Crippen molar-refractivity contribution in [2.45, 2.75) is 25.7 Å². The monoisotopic (exact) mass is 194 g/mol. The summed E-state index contributed by atoms with van der Waals surface area (Å²) in [5.74, 6) is 0.662. The summed E-state index contributed by atoms with van der Waals surface area (Å²) >= 11 is 0. The van der Waals surface area contributed by atoms with E-state index in [-0.39, 0.29) is 6.03 Å². The lowest BCUT2D eigenvalue weighted by molar-refractivity contribution is 0.245. The van der Waals surface area contributed by atoms with E-state index in [9.17, 15) is 4.79 Å². The second-order valence-electron chi connectivity index (χ2n) is 3.55. The molecule has 0 atom stereocenters. The van der Waals surface area contributed by atoms with Gasteiger partial charge in [-0.15, -0.1) is 6.58 Å². The van der Waals surface area contributed by atoms with Gasteiger partial charge >= 0.3 is 6.03 Å². The van der Waals surface area contributed by atoms with E-state index < -0.39 is 0 Å². The van der Waals surface area contributed by atoms with Crippen LogP contribution >= 0.6 is 0 Å². The van der Waals surface area contributed by atoms with Crippen molar-refractivity contribution >= 4 is 6.03 Å².